The molecule has 0 amide bonds. The van der Waals surface area contributed by atoms with Gasteiger partial charge in [-0.15, -0.1) is 0 Å². The first-order chi connectivity index (χ1) is 13.4. The van der Waals surface area contributed by atoms with E-state index in [0.717, 1.165) is 31.5 Å². The molecule has 0 aliphatic rings. The molecule has 9 heteroatoms. The van der Waals surface area contributed by atoms with Gasteiger partial charge in [0, 0.05) is 33.5 Å². The van der Waals surface area contributed by atoms with Gasteiger partial charge in [0.25, 0.3) is 0 Å². The number of aromatic nitrogens is 3. The molecule has 0 spiro atoms. The summed E-state index contributed by atoms with van der Waals surface area (Å²) in [5.74, 6) is 0.817. The van der Waals surface area contributed by atoms with Gasteiger partial charge in [0.1, 0.15) is 5.75 Å². The molecule has 0 saturated heterocycles. The van der Waals surface area contributed by atoms with Crippen molar-refractivity contribution in [2.45, 2.75) is 13.8 Å². The number of anilines is 1. The van der Waals surface area contributed by atoms with Gasteiger partial charge in [0.2, 0.25) is 4.77 Å². The molecule has 0 radical (unpaired) electrons. The van der Waals surface area contributed by atoms with Crippen molar-refractivity contribution in [3.8, 4) is 17.1 Å². The summed E-state index contributed by atoms with van der Waals surface area (Å²) < 4.78 is 3.74. The van der Waals surface area contributed by atoms with Crippen molar-refractivity contribution >= 4 is 69.3 Å². The van der Waals surface area contributed by atoms with Gasteiger partial charge in [0.05, 0.1) is 9.78 Å². The van der Waals surface area contributed by atoms with Crippen LogP contribution in [0.25, 0.3) is 11.4 Å². The van der Waals surface area contributed by atoms with Gasteiger partial charge in [-0.2, -0.15) is 14.9 Å². The maximum Gasteiger partial charge on any atom is 0.216 e. The van der Waals surface area contributed by atoms with Crippen LogP contribution in [0.1, 0.15) is 19.4 Å². The Hall–Kier alpha value is -1.47. The lowest BCUT2D eigenvalue weighted by molar-refractivity contribution is 0.470. The van der Waals surface area contributed by atoms with Crippen molar-refractivity contribution in [1.82, 2.24) is 14.9 Å². The maximum absolute atomic E-state index is 10.3. The fourth-order valence-corrected chi connectivity index (χ4v) is 4.87. The molecule has 3 rings (SSSR count). The quantitative estimate of drug-likeness (QED) is 0.225. The van der Waals surface area contributed by atoms with Gasteiger partial charge in [0.15, 0.2) is 5.82 Å². The molecule has 0 unspecified atom stereocenters. The third-order valence-corrected chi connectivity index (χ3v) is 5.98. The lowest BCUT2D eigenvalue weighted by Crippen LogP contribution is -2.21. The normalized spacial score (nSPS) is 11.3. The fourth-order valence-electron chi connectivity index (χ4n) is 2.80. The second-order valence-corrected chi connectivity index (χ2v) is 8.75. The van der Waals surface area contributed by atoms with Crippen LogP contribution >= 0.6 is 57.4 Å². The Balaban J connectivity index is 1.96. The highest BCUT2D eigenvalue weighted by Gasteiger charge is 2.10. The summed E-state index contributed by atoms with van der Waals surface area (Å²) >= 11 is 9.65. The second-order valence-electron chi connectivity index (χ2n) is 5.95. The predicted octanol–water partition coefficient (Wildman–Crippen LogP) is 5.25. The minimum atomic E-state index is 0.199. The van der Waals surface area contributed by atoms with E-state index in [1.165, 1.54) is 0 Å². The summed E-state index contributed by atoms with van der Waals surface area (Å²) in [7, 11) is 0. The Morgan fingerprint density at radius 2 is 1.89 bits per heavy atom. The maximum atomic E-state index is 10.3. The van der Waals surface area contributed by atoms with E-state index in [1.807, 2.05) is 24.3 Å². The molecule has 0 atom stereocenters. The number of benzene rings is 2. The van der Waals surface area contributed by atoms with Crippen molar-refractivity contribution in [3.63, 3.8) is 0 Å². The molecule has 146 valence electrons. The van der Waals surface area contributed by atoms with Crippen LogP contribution in [-0.2, 0) is 0 Å². The van der Waals surface area contributed by atoms with Crippen molar-refractivity contribution in [1.29, 1.82) is 0 Å². The molecule has 0 fully saturated rings. The topological polar surface area (TPSA) is 69.4 Å². The molecule has 0 bridgehead atoms. The number of phenolic OH excluding ortho intramolecular Hbond substituents is 1. The zero-order valence-electron chi connectivity index (χ0n) is 15.4. The van der Waals surface area contributed by atoms with E-state index < -0.39 is 0 Å². The minimum absolute atomic E-state index is 0.199. The van der Waals surface area contributed by atoms with Crippen LogP contribution in [0.4, 0.5) is 5.69 Å². The molecule has 1 aromatic heterocycles. The molecule has 1 heterocycles. The zero-order valence-corrected chi connectivity index (χ0v) is 20.5. The van der Waals surface area contributed by atoms with E-state index in [9.17, 15) is 5.11 Å². The fraction of sp³-hybridized carbons (Fsp3) is 0.211. The zero-order chi connectivity index (χ0) is 20.3. The average Bonchev–Trinajstić information content (AvgIpc) is 3.05. The lowest BCUT2D eigenvalue weighted by Gasteiger charge is -2.20. The summed E-state index contributed by atoms with van der Waals surface area (Å²) in [5, 5.41) is 21.9. The van der Waals surface area contributed by atoms with Crippen LogP contribution in [0.3, 0.4) is 0 Å². The largest absolute Gasteiger partial charge is 0.506 e. The van der Waals surface area contributed by atoms with E-state index in [-0.39, 0.29) is 5.75 Å². The number of aromatic hydroxyl groups is 1. The van der Waals surface area contributed by atoms with Gasteiger partial charge in [-0.1, -0.05) is 0 Å². The van der Waals surface area contributed by atoms with Crippen LogP contribution in [-0.4, -0.2) is 39.3 Å². The standard InChI is InChI=1S/C19H19I2N5OS/c1-3-25(4-2)15-7-5-12(6-8-15)18-23-24-19(28)26(18)22-11-13-9-14(20)10-16(21)17(13)27/h5-11,27H,3-4H2,1-2H3,(H,24,28). The minimum Gasteiger partial charge on any atom is -0.506 e. The molecule has 2 aromatic carbocycles. The van der Waals surface area contributed by atoms with Gasteiger partial charge < -0.3 is 10.0 Å². The van der Waals surface area contributed by atoms with Crippen molar-refractivity contribution < 1.29 is 5.11 Å². The number of H-pyrrole nitrogens is 1. The monoisotopic (exact) mass is 619 g/mol. The summed E-state index contributed by atoms with van der Waals surface area (Å²) in [4.78, 5) is 2.28. The van der Waals surface area contributed by atoms with Crippen molar-refractivity contribution in [2.24, 2.45) is 5.10 Å². The Bertz CT molecular complexity index is 1060. The third-order valence-electron chi connectivity index (χ3n) is 4.27. The predicted molar refractivity (Wildman–Crippen MR) is 133 cm³/mol. The van der Waals surface area contributed by atoms with Crippen LogP contribution in [0.15, 0.2) is 41.5 Å². The first-order valence-electron chi connectivity index (χ1n) is 8.69. The van der Waals surface area contributed by atoms with Crippen LogP contribution in [0.2, 0.25) is 0 Å². The molecule has 0 aliphatic carbocycles. The summed E-state index contributed by atoms with van der Waals surface area (Å²) in [6.07, 6.45) is 1.60. The van der Waals surface area contributed by atoms with E-state index in [4.69, 9.17) is 12.2 Å². The SMILES string of the molecule is CCN(CC)c1ccc(-c2n[nH]c(=S)n2N=Cc2cc(I)cc(I)c2O)cc1. The number of rotatable bonds is 6. The molecule has 0 saturated carbocycles. The highest BCUT2D eigenvalue weighted by molar-refractivity contribution is 14.1. The summed E-state index contributed by atoms with van der Waals surface area (Å²) in [6, 6.07) is 11.9. The highest BCUT2D eigenvalue weighted by Crippen LogP contribution is 2.26. The van der Waals surface area contributed by atoms with Gasteiger partial charge in [-0.25, -0.2) is 5.10 Å². The number of halogens is 2. The van der Waals surface area contributed by atoms with Crippen LogP contribution < -0.4 is 4.90 Å². The summed E-state index contributed by atoms with van der Waals surface area (Å²) in [5.41, 5.74) is 2.69. The Labute approximate surface area is 195 Å². The molecule has 0 aliphatic heterocycles. The average molecular weight is 619 g/mol. The molecular formula is C19H19I2N5OS. The number of phenols is 1. The molecule has 3 aromatic rings. The third kappa shape index (κ3) is 4.57. The van der Waals surface area contributed by atoms with E-state index in [2.05, 4.69) is 91.4 Å². The number of nitrogens with one attached hydrogen (secondary N) is 1. The number of hydrogen-bond acceptors (Lipinski definition) is 5. The summed E-state index contributed by atoms with van der Waals surface area (Å²) in [6.45, 7) is 6.19. The van der Waals surface area contributed by atoms with Crippen molar-refractivity contribution in [2.75, 3.05) is 18.0 Å². The van der Waals surface area contributed by atoms with E-state index in [0.29, 0.717) is 16.2 Å². The van der Waals surface area contributed by atoms with Gasteiger partial charge in [-0.3, -0.25) is 0 Å². The Kier molecular flexibility index (Phi) is 7.10. The second kappa shape index (κ2) is 9.35. The first-order valence-corrected chi connectivity index (χ1v) is 11.3. The van der Waals surface area contributed by atoms with Gasteiger partial charge >= 0.3 is 0 Å². The van der Waals surface area contributed by atoms with E-state index in [1.54, 1.807) is 10.9 Å². The Morgan fingerprint density at radius 3 is 2.54 bits per heavy atom. The number of nitrogens with zero attached hydrogens (tertiary/aromatic N) is 4. The smallest absolute Gasteiger partial charge is 0.216 e. The van der Waals surface area contributed by atoms with Crippen LogP contribution in [0, 0.1) is 11.9 Å². The lowest BCUT2D eigenvalue weighted by atomic mass is 10.2. The molecule has 6 nitrogen and oxygen atoms in total. The van der Waals surface area contributed by atoms with Crippen molar-refractivity contribution in [3.05, 3.63) is 53.9 Å². The van der Waals surface area contributed by atoms with Crippen LogP contribution in [0.5, 0.6) is 5.75 Å². The number of hydrogen-bond donors (Lipinski definition) is 2. The molecule has 28 heavy (non-hydrogen) atoms. The first kappa shape index (κ1) is 21.2. The number of aromatic amines is 1. The Morgan fingerprint density at radius 1 is 1.21 bits per heavy atom. The molecule has 2 N–H and O–H groups in total. The molecular weight excluding hydrogens is 600 g/mol. The van der Waals surface area contributed by atoms with E-state index >= 15 is 0 Å². The highest BCUT2D eigenvalue weighted by atomic mass is 127. The van der Waals surface area contributed by atoms with Gasteiger partial charge in [-0.05, 0) is 108 Å².